The van der Waals surface area contributed by atoms with E-state index in [0.717, 1.165) is 5.56 Å². The van der Waals surface area contributed by atoms with E-state index in [-0.39, 0.29) is 23.2 Å². The summed E-state index contributed by atoms with van der Waals surface area (Å²) in [5, 5.41) is 2.75. The molecule has 3 rings (SSSR count). The SMILES string of the molecule is CNS(=O)(=O)c1cccc(C(=O)NCc2ccc3c(c2)OCO3)c1. The Labute approximate surface area is 139 Å². The Bertz CT molecular complexity index is 880. The van der Waals surface area contributed by atoms with Crippen molar-refractivity contribution in [1.29, 1.82) is 0 Å². The topological polar surface area (TPSA) is 93.7 Å². The minimum Gasteiger partial charge on any atom is -0.454 e. The molecule has 0 fully saturated rings. The molecule has 24 heavy (non-hydrogen) atoms. The molecule has 8 heteroatoms. The minimum absolute atomic E-state index is 0.0423. The summed E-state index contributed by atoms with van der Waals surface area (Å²) in [6, 6.07) is 11.3. The number of sulfonamides is 1. The third-order valence-electron chi connectivity index (χ3n) is 3.57. The van der Waals surface area contributed by atoms with Gasteiger partial charge in [0.25, 0.3) is 5.91 Å². The van der Waals surface area contributed by atoms with Gasteiger partial charge < -0.3 is 14.8 Å². The second kappa shape index (κ2) is 6.50. The molecule has 7 nitrogen and oxygen atoms in total. The summed E-state index contributed by atoms with van der Waals surface area (Å²) in [6.07, 6.45) is 0. The number of fused-ring (bicyclic) bond motifs is 1. The molecule has 1 amide bonds. The van der Waals surface area contributed by atoms with Crippen LogP contribution in [-0.2, 0) is 16.6 Å². The van der Waals surface area contributed by atoms with Crippen LogP contribution in [0.15, 0.2) is 47.4 Å². The zero-order valence-electron chi connectivity index (χ0n) is 12.9. The van der Waals surface area contributed by atoms with Gasteiger partial charge in [0, 0.05) is 12.1 Å². The number of amides is 1. The van der Waals surface area contributed by atoms with Crippen molar-refractivity contribution in [3.05, 3.63) is 53.6 Å². The van der Waals surface area contributed by atoms with Crippen LogP contribution in [0.4, 0.5) is 0 Å². The molecule has 0 unspecified atom stereocenters. The molecular formula is C16H16N2O5S. The van der Waals surface area contributed by atoms with Gasteiger partial charge in [-0.25, -0.2) is 13.1 Å². The van der Waals surface area contributed by atoms with Crippen molar-refractivity contribution in [3.63, 3.8) is 0 Å². The van der Waals surface area contributed by atoms with E-state index < -0.39 is 10.0 Å². The van der Waals surface area contributed by atoms with Crippen LogP contribution in [0.3, 0.4) is 0 Å². The highest BCUT2D eigenvalue weighted by Crippen LogP contribution is 2.32. The van der Waals surface area contributed by atoms with E-state index in [9.17, 15) is 13.2 Å². The zero-order chi connectivity index (χ0) is 17.2. The molecule has 1 heterocycles. The monoisotopic (exact) mass is 348 g/mol. The number of rotatable bonds is 5. The second-order valence-corrected chi connectivity index (χ2v) is 6.99. The average molecular weight is 348 g/mol. The van der Waals surface area contributed by atoms with Crippen LogP contribution in [0, 0.1) is 0 Å². The summed E-state index contributed by atoms with van der Waals surface area (Å²) in [4.78, 5) is 12.3. The van der Waals surface area contributed by atoms with Gasteiger partial charge in [0.1, 0.15) is 0 Å². The van der Waals surface area contributed by atoms with Crippen molar-refractivity contribution in [2.45, 2.75) is 11.4 Å². The molecule has 126 valence electrons. The van der Waals surface area contributed by atoms with Gasteiger partial charge in [0.05, 0.1) is 4.90 Å². The fraction of sp³-hybridized carbons (Fsp3) is 0.188. The van der Waals surface area contributed by atoms with E-state index in [0.29, 0.717) is 18.0 Å². The third kappa shape index (κ3) is 3.34. The highest BCUT2D eigenvalue weighted by atomic mass is 32.2. The predicted molar refractivity (Wildman–Crippen MR) is 86.4 cm³/mol. The van der Waals surface area contributed by atoms with Crippen molar-refractivity contribution in [2.24, 2.45) is 0 Å². The molecule has 1 aliphatic rings. The number of benzene rings is 2. The lowest BCUT2D eigenvalue weighted by atomic mass is 10.2. The van der Waals surface area contributed by atoms with Crippen molar-refractivity contribution in [2.75, 3.05) is 13.8 Å². The van der Waals surface area contributed by atoms with Crippen molar-refractivity contribution in [1.82, 2.24) is 10.0 Å². The normalized spacial score (nSPS) is 12.9. The van der Waals surface area contributed by atoms with Gasteiger partial charge in [-0.2, -0.15) is 0 Å². The van der Waals surface area contributed by atoms with Crippen LogP contribution < -0.4 is 19.5 Å². The first-order valence-electron chi connectivity index (χ1n) is 7.20. The Kier molecular flexibility index (Phi) is 4.41. The minimum atomic E-state index is -3.59. The number of hydrogen-bond acceptors (Lipinski definition) is 5. The van der Waals surface area contributed by atoms with Crippen molar-refractivity contribution >= 4 is 15.9 Å². The van der Waals surface area contributed by atoms with Crippen molar-refractivity contribution in [3.8, 4) is 11.5 Å². The van der Waals surface area contributed by atoms with Crippen LogP contribution >= 0.6 is 0 Å². The molecule has 0 aromatic heterocycles. The first-order chi connectivity index (χ1) is 11.5. The first-order valence-corrected chi connectivity index (χ1v) is 8.68. The van der Waals surface area contributed by atoms with Gasteiger partial charge >= 0.3 is 0 Å². The lowest BCUT2D eigenvalue weighted by Gasteiger charge is -2.08. The van der Waals surface area contributed by atoms with Gasteiger partial charge in [-0.1, -0.05) is 12.1 Å². The number of carbonyl (C=O) groups is 1. The molecule has 0 saturated carbocycles. The first kappa shape index (κ1) is 16.3. The van der Waals surface area contributed by atoms with Crippen LogP contribution in [0.5, 0.6) is 11.5 Å². The van der Waals surface area contributed by atoms with E-state index in [1.807, 2.05) is 6.07 Å². The maximum absolute atomic E-state index is 12.2. The van der Waals surface area contributed by atoms with Gasteiger partial charge in [-0.05, 0) is 42.9 Å². The molecule has 0 bridgehead atoms. The summed E-state index contributed by atoms with van der Waals surface area (Å²) < 4.78 is 36.3. The smallest absolute Gasteiger partial charge is 0.251 e. The molecule has 0 aliphatic carbocycles. The summed E-state index contributed by atoms with van der Waals surface area (Å²) in [5.74, 6) is 0.958. The van der Waals surface area contributed by atoms with E-state index >= 15 is 0 Å². The highest BCUT2D eigenvalue weighted by molar-refractivity contribution is 7.89. The quantitative estimate of drug-likeness (QED) is 0.848. The molecule has 0 spiro atoms. The van der Waals surface area contributed by atoms with Crippen LogP contribution in [0.1, 0.15) is 15.9 Å². The lowest BCUT2D eigenvalue weighted by molar-refractivity contribution is 0.0950. The average Bonchev–Trinajstić information content (AvgIpc) is 3.07. The standard InChI is InChI=1S/C16H16N2O5S/c1-17-24(20,21)13-4-2-3-12(8-13)16(19)18-9-11-5-6-14-15(7-11)23-10-22-14/h2-8,17H,9-10H2,1H3,(H,18,19). The molecule has 1 aliphatic heterocycles. The molecular weight excluding hydrogens is 332 g/mol. The number of ether oxygens (including phenoxy) is 2. The molecule has 0 saturated heterocycles. The Morgan fingerprint density at radius 1 is 1.12 bits per heavy atom. The molecule has 0 radical (unpaired) electrons. The zero-order valence-corrected chi connectivity index (χ0v) is 13.7. The lowest BCUT2D eigenvalue weighted by Crippen LogP contribution is -2.24. The van der Waals surface area contributed by atoms with Crippen LogP contribution in [-0.4, -0.2) is 28.2 Å². The van der Waals surface area contributed by atoms with Gasteiger partial charge in [-0.3, -0.25) is 4.79 Å². The van der Waals surface area contributed by atoms with Crippen LogP contribution in [0.25, 0.3) is 0 Å². The Morgan fingerprint density at radius 3 is 2.71 bits per heavy atom. The van der Waals surface area contributed by atoms with E-state index in [1.54, 1.807) is 18.2 Å². The Hall–Kier alpha value is -2.58. The summed E-state index contributed by atoms with van der Waals surface area (Å²) in [6.45, 7) is 0.482. The fourth-order valence-corrected chi connectivity index (χ4v) is 3.03. The molecule has 0 atom stereocenters. The van der Waals surface area contributed by atoms with Gasteiger partial charge in [-0.15, -0.1) is 0 Å². The van der Waals surface area contributed by atoms with Gasteiger partial charge in [0.15, 0.2) is 11.5 Å². The Balaban J connectivity index is 1.70. The van der Waals surface area contributed by atoms with E-state index in [4.69, 9.17) is 9.47 Å². The molecule has 2 aromatic rings. The maximum atomic E-state index is 12.2. The summed E-state index contributed by atoms with van der Waals surface area (Å²) >= 11 is 0. The summed E-state index contributed by atoms with van der Waals surface area (Å²) in [5.41, 5.74) is 1.12. The van der Waals surface area contributed by atoms with Crippen molar-refractivity contribution < 1.29 is 22.7 Å². The number of nitrogens with one attached hydrogen (secondary N) is 2. The second-order valence-electron chi connectivity index (χ2n) is 5.11. The Morgan fingerprint density at radius 2 is 1.92 bits per heavy atom. The highest BCUT2D eigenvalue weighted by Gasteiger charge is 2.15. The summed E-state index contributed by atoms with van der Waals surface area (Å²) in [7, 11) is -2.27. The number of hydrogen-bond donors (Lipinski definition) is 2. The maximum Gasteiger partial charge on any atom is 0.251 e. The van der Waals surface area contributed by atoms with Crippen LogP contribution in [0.2, 0.25) is 0 Å². The largest absolute Gasteiger partial charge is 0.454 e. The van der Waals surface area contributed by atoms with E-state index in [1.165, 1.54) is 25.2 Å². The third-order valence-corrected chi connectivity index (χ3v) is 4.98. The molecule has 2 aromatic carbocycles. The number of carbonyl (C=O) groups excluding carboxylic acids is 1. The fourth-order valence-electron chi connectivity index (χ4n) is 2.26. The van der Waals surface area contributed by atoms with Gasteiger partial charge in [0.2, 0.25) is 16.8 Å². The molecule has 2 N–H and O–H groups in total. The predicted octanol–water partition coefficient (Wildman–Crippen LogP) is 1.25. The van der Waals surface area contributed by atoms with E-state index in [2.05, 4.69) is 10.0 Å².